The molecule has 0 aliphatic rings. The fraction of sp³-hybridized carbons (Fsp3) is 0.571. The molecule has 80 valence electrons. The summed E-state index contributed by atoms with van der Waals surface area (Å²) in [4.78, 5) is 0. The van der Waals surface area contributed by atoms with Crippen LogP contribution in [0.4, 0.5) is 3.89 Å². The van der Waals surface area contributed by atoms with Crippen molar-refractivity contribution in [1.82, 2.24) is 9.78 Å². The van der Waals surface area contributed by atoms with E-state index in [0.29, 0.717) is 16.4 Å². The first-order chi connectivity index (χ1) is 6.31. The third kappa shape index (κ3) is 2.68. The number of aromatic nitrogens is 2. The van der Waals surface area contributed by atoms with Crippen LogP contribution in [0.3, 0.4) is 0 Å². The van der Waals surface area contributed by atoms with E-state index < -0.39 is 16.0 Å². The molecule has 0 aliphatic carbocycles. The first-order valence-electron chi connectivity index (χ1n) is 3.91. The highest BCUT2D eigenvalue weighted by Crippen LogP contribution is 2.19. The molecule has 7 heteroatoms. The van der Waals surface area contributed by atoms with Crippen LogP contribution in [0.25, 0.3) is 0 Å². The van der Waals surface area contributed by atoms with E-state index in [4.69, 9.17) is 11.6 Å². The molecule has 0 fully saturated rings. The minimum absolute atomic E-state index is 0.0529. The van der Waals surface area contributed by atoms with Gasteiger partial charge >= 0.3 is 10.2 Å². The molecule has 0 radical (unpaired) electrons. The fourth-order valence-corrected chi connectivity index (χ4v) is 1.90. The number of aryl methyl sites for hydroxylation is 2. The van der Waals surface area contributed by atoms with Gasteiger partial charge in [0.05, 0.1) is 11.4 Å². The molecular formula is C7H10ClFN2O2S. The third-order valence-corrected chi connectivity index (χ3v) is 3.03. The first kappa shape index (κ1) is 11.5. The van der Waals surface area contributed by atoms with E-state index >= 15 is 0 Å². The molecule has 1 aromatic heterocycles. The Morgan fingerprint density at radius 2 is 2.14 bits per heavy atom. The number of hydrogen-bond acceptors (Lipinski definition) is 3. The fourth-order valence-electron chi connectivity index (χ4n) is 1.18. The summed E-state index contributed by atoms with van der Waals surface area (Å²) in [6.07, 6.45) is 0.0529. The second-order valence-electron chi connectivity index (χ2n) is 2.97. The lowest BCUT2D eigenvalue weighted by Gasteiger charge is -1.97. The minimum atomic E-state index is -4.44. The van der Waals surface area contributed by atoms with Crippen molar-refractivity contribution in [3.8, 4) is 0 Å². The molecule has 1 heterocycles. The zero-order valence-electron chi connectivity index (χ0n) is 7.79. The third-order valence-electron chi connectivity index (χ3n) is 1.87. The maximum atomic E-state index is 12.2. The lowest BCUT2D eigenvalue weighted by Crippen LogP contribution is -2.02. The number of nitrogens with zero attached hydrogens (tertiary/aromatic N) is 2. The summed E-state index contributed by atoms with van der Waals surface area (Å²) in [7, 11) is -2.80. The van der Waals surface area contributed by atoms with Gasteiger partial charge < -0.3 is 0 Å². The van der Waals surface area contributed by atoms with E-state index in [9.17, 15) is 12.3 Å². The van der Waals surface area contributed by atoms with Gasteiger partial charge in [-0.1, -0.05) is 11.6 Å². The van der Waals surface area contributed by atoms with Crippen molar-refractivity contribution in [2.75, 3.05) is 5.75 Å². The van der Waals surface area contributed by atoms with Gasteiger partial charge in [-0.2, -0.15) is 13.5 Å². The maximum Gasteiger partial charge on any atom is 0.302 e. The molecule has 0 unspecified atom stereocenters. The van der Waals surface area contributed by atoms with E-state index in [1.807, 2.05) is 0 Å². The standard InChI is InChI=1S/C7H10ClFN2O2S/c1-5-6(3-4-14(9,12)13)7(8)11(2)10-5/h3-4H2,1-2H3. The van der Waals surface area contributed by atoms with Gasteiger partial charge in [0.2, 0.25) is 0 Å². The average molecular weight is 241 g/mol. The van der Waals surface area contributed by atoms with Crippen LogP contribution in [-0.4, -0.2) is 24.0 Å². The minimum Gasteiger partial charge on any atom is -0.257 e. The van der Waals surface area contributed by atoms with Gasteiger partial charge in [-0.3, -0.25) is 4.68 Å². The monoisotopic (exact) mass is 240 g/mol. The molecule has 0 amide bonds. The van der Waals surface area contributed by atoms with Gasteiger partial charge in [-0.25, -0.2) is 0 Å². The maximum absolute atomic E-state index is 12.2. The Labute approximate surface area is 86.9 Å². The molecule has 0 aliphatic heterocycles. The van der Waals surface area contributed by atoms with Crippen LogP contribution in [0.2, 0.25) is 5.15 Å². The van der Waals surface area contributed by atoms with Crippen molar-refractivity contribution in [3.63, 3.8) is 0 Å². The van der Waals surface area contributed by atoms with Gasteiger partial charge in [0.1, 0.15) is 5.15 Å². The normalized spacial score (nSPS) is 12.0. The largest absolute Gasteiger partial charge is 0.302 e. The highest BCUT2D eigenvalue weighted by Gasteiger charge is 2.15. The summed E-state index contributed by atoms with van der Waals surface area (Å²) >= 11 is 5.83. The van der Waals surface area contributed by atoms with Gasteiger partial charge in [-0.05, 0) is 13.3 Å². The molecule has 0 saturated carbocycles. The predicted molar refractivity (Wildman–Crippen MR) is 51.6 cm³/mol. The second-order valence-corrected chi connectivity index (χ2v) is 4.82. The van der Waals surface area contributed by atoms with E-state index in [1.165, 1.54) is 4.68 Å². The van der Waals surface area contributed by atoms with Crippen LogP contribution >= 0.6 is 11.6 Å². The summed E-state index contributed by atoms with van der Waals surface area (Å²) in [5.41, 5.74) is 1.21. The Bertz CT molecular complexity index is 441. The summed E-state index contributed by atoms with van der Waals surface area (Å²) in [5, 5.41) is 4.33. The van der Waals surface area contributed by atoms with Crippen LogP contribution in [-0.2, 0) is 23.7 Å². The highest BCUT2D eigenvalue weighted by molar-refractivity contribution is 7.86. The van der Waals surface area contributed by atoms with Gasteiger partial charge in [0, 0.05) is 12.6 Å². The summed E-state index contributed by atoms with van der Waals surface area (Å²) in [5.74, 6) is -0.556. The Morgan fingerprint density at radius 1 is 1.57 bits per heavy atom. The topological polar surface area (TPSA) is 52.0 Å². The zero-order chi connectivity index (χ0) is 10.9. The molecule has 0 N–H and O–H groups in total. The van der Waals surface area contributed by atoms with E-state index in [0.717, 1.165) is 0 Å². The highest BCUT2D eigenvalue weighted by atomic mass is 35.5. The summed E-state index contributed by atoms with van der Waals surface area (Å²) < 4.78 is 34.3. The molecule has 0 spiro atoms. The lowest BCUT2D eigenvalue weighted by atomic mass is 10.2. The Balaban J connectivity index is 2.87. The molecule has 4 nitrogen and oxygen atoms in total. The number of rotatable bonds is 3. The van der Waals surface area contributed by atoms with Gasteiger partial charge in [0.25, 0.3) is 0 Å². The second kappa shape index (κ2) is 3.86. The molecule has 1 rings (SSSR count). The molecule has 14 heavy (non-hydrogen) atoms. The molecule has 0 atom stereocenters. The van der Waals surface area contributed by atoms with Gasteiger partial charge in [-0.15, -0.1) is 3.89 Å². The smallest absolute Gasteiger partial charge is 0.257 e. The van der Waals surface area contributed by atoms with Crippen molar-refractivity contribution < 1.29 is 12.3 Å². The summed E-state index contributed by atoms with van der Waals surface area (Å²) in [6.45, 7) is 1.70. The zero-order valence-corrected chi connectivity index (χ0v) is 9.36. The van der Waals surface area contributed by atoms with E-state index in [1.54, 1.807) is 14.0 Å². The molecule has 0 bridgehead atoms. The Kier molecular flexibility index (Phi) is 3.16. The SMILES string of the molecule is Cc1nn(C)c(Cl)c1CCS(=O)(=O)F. The molecular weight excluding hydrogens is 231 g/mol. The lowest BCUT2D eigenvalue weighted by molar-refractivity contribution is 0.551. The Hall–Kier alpha value is -0.620. The quantitative estimate of drug-likeness (QED) is 0.747. The van der Waals surface area contributed by atoms with Crippen LogP contribution in [0.1, 0.15) is 11.3 Å². The predicted octanol–water partition coefficient (Wildman–Crippen LogP) is 1.22. The first-order valence-corrected chi connectivity index (χ1v) is 5.84. The van der Waals surface area contributed by atoms with Crippen molar-refractivity contribution in [1.29, 1.82) is 0 Å². The molecule has 0 saturated heterocycles. The van der Waals surface area contributed by atoms with Crippen LogP contribution in [0.15, 0.2) is 0 Å². The van der Waals surface area contributed by atoms with Crippen molar-refractivity contribution in [2.24, 2.45) is 7.05 Å². The Morgan fingerprint density at radius 3 is 2.50 bits per heavy atom. The summed E-state index contributed by atoms with van der Waals surface area (Å²) in [6, 6.07) is 0. The van der Waals surface area contributed by atoms with Crippen LogP contribution < -0.4 is 0 Å². The van der Waals surface area contributed by atoms with E-state index in [-0.39, 0.29) is 6.42 Å². The average Bonchev–Trinajstić information content (AvgIpc) is 2.23. The van der Waals surface area contributed by atoms with Crippen LogP contribution in [0.5, 0.6) is 0 Å². The number of hydrogen-bond donors (Lipinski definition) is 0. The van der Waals surface area contributed by atoms with E-state index in [2.05, 4.69) is 5.10 Å². The van der Waals surface area contributed by atoms with Crippen molar-refractivity contribution in [3.05, 3.63) is 16.4 Å². The van der Waals surface area contributed by atoms with Gasteiger partial charge in [0.15, 0.2) is 0 Å². The van der Waals surface area contributed by atoms with Crippen LogP contribution in [0, 0.1) is 6.92 Å². The van der Waals surface area contributed by atoms with Crippen molar-refractivity contribution in [2.45, 2.75) is 13.3 Å². The molecule has 1 aromatic rings. The number of halogens is 2. The van der Waals surface area contributed by atoms with Crippen molar-refractivity contribution >= 4 is 21.8 Å². The molecule has 0 aromatic carbocycles.